The average Bonchev–Trinajstić information content (AvgIpc) is 1.35. The molecule has 0 N–H and O–H groups in total. The molecule has 0 bridgehead atoms. The fourth-order valence-corrected chi connectivity index (χ4v) is 0.326. The first-order valence-corrected chi connectivity index (χ1v) is 2.12. The number of hydrogen-bond acceptors (Lipinski definition) is 1. The summed E-state index contributed by atoms with van der Waals surface area (Å²) in [6.45, 7) is 1.50. The molecule has 0 aliphatic rings. The van der Waals surface area contributed by atoms with Gasteiger partial charge in [-0.3, -0.25) is 4.79 Å². The van der Waals surface area contributed by atoms with E-state index in [2.05, 4.69) is 0 Å². The maximum absolute atomic E-state index is 9.93. The molecule has 2 heteroatoms. The summed E-state index contributed by atoms with van der Waals surface area (Å²) in [5, 5.41) is 0. The minimum Gasteiger partial charge on any atom is -0.300 e. The van der Waals surface area contributed by atoms with Crippen molar-refractivity contribution >= 4 is 17.4 Å². The Morgan fingerprint density at radius 1 is 2.00 bits per heavy atom. The van der Waals surface area contributed by atoms with Crippen molar-refractivity contribution in [2.24, 2.45) is 0 Å². The van der Waals surface area contributed by atoms with Crippen molar-refractivity contribution in [3.05, 3.63) is 5.88 Å². The van der Waals surface area contributed by atoms with Crippen molar-refractivity contribution < 1.29 is 4.79 Å². The standard InChI is InChI=1S/C4H6ClO/c1-4(6)2-3-5/h3H,2H2,1H3. The van der Waals surface area contributed by atoms with Crippen LogP contribution < -0.4 is 0 Å². The number of halogens is 1. The highest BCUT2D eigenvalue weighted by Gasteiger charge is 1.85. The Morgan fingerprint density at radius 3 is 2.50 bits per heavy atom. The molecule has 0 aliphatic carbocycles. The van der Waals surface area contributed by atoms with Crippen LogP contribution in [0.4, 0.5) is 0 Å². The lowest BCUT2D eigenvalue weighted by molar-refractivity contribution is -0.116. The quantitative estimate of drug-likeness (QED) is 0.518. The van der Waals surface area contributed by atoms with Crippen LogP contribution in [0.15, 0.2) is 0 Å². The van der Waals surface area contributed by atoms with E-state index < -0.39 is 0 Å². The lowest BCUT2D eigenvalue weighted by Gasteiger charge is -1.78. The van der Waals surface area contributed by atoms with Gasteiger partial charge in [-0.05, 0) is 6.92 Å². The number of hydrogen-bond donors (Lipinski definition) is 0. The topological polar surface area (TPSA) is 17.1 Å². The molecule has 0 rings (SSSR count). The van der Waals surface area contributed by atoms with Crippen LogP contribution in [0.25, 0.3) is 0 Å². The van der Waals surface area contributed by atoms with Crippen molar-refractivity contribution in [1.29, 1.82) is 0 Å². The Morgan fingerprint density at radius 2 is 2.50 bits per heavy atom. The Hall–Kier alpha value is -0.0400. The molecule has 0 saturated heterocycles. The molecule has 0 unspecified atom stereocenters. The van der Waals surface area contributed by atoms with Gasteiger partial charge < -0.3 is 0 Å². The van der Waals surface area contributed by atoms with E-state index in [1.807, 2.05) is 0 Å². The summed E-state index contributed by atoms with van der Waals surface area (Å²) in [5.41, 5.74) is 0. The summed E-state index contributed by atoms with van der Waals surface area (Å²) in [5.74, 6) is 1.42. The zero-order valence-corrected chi connectivity index (χ0v) is 4.33. The smallest absolute Gasteiger partial charge is 0.131 e. The second-order valence-corrected chi connectivity index (χ2v) is 1.37. The molecular formula is C4H6ClO. The molecule has 1 radical (unpaired) electrons. The van der Waals surface area contributed by atoms with Crippen LogP contribution in [0.5, 0.6) is 0 Å². The van der Waals surface area contributed by atoms with Crippen LogP contribution in [0.1, 0.15) is 13.3 Å². The van der Waals surface area contributed by atoms with E-state index in [0.717, 1.165) is 0 Å². The first-order valence-electron chi connectivity index (χ1n) is 1.68. The molecule has 0 heterocycles. The third-order valence-corrected chi connectivity index (χ3v) is 0.519. The third kappa shape index (κ3) is 3.96. The van der Waals surface area contributed by atoms with Crippen LogP contribution in [0, 0.1) is 5.88 Å². The van der Waals surface area contributed by atoms with E-state index >= 15 is 0 Å². The number of ketones is 1. The Balaban J connectivity index is 2.83. The lowest BCUT2D eigenvalue weighted by atomic mass is 10.4. The first-order chi connectivity index (χ1) is 2.77. The van der Waals surface area contributed by atoms with Crippen molar-refractivity contribution in [2.75, 3.05) is 0 Å². The zero-order valence-electron chi connectivity index (χ0n) is 3.57. The second kappa shape index (κ2) is 3.16. The molecule has 1 nitrogen and oxygen atoms in total. The van der Waals surface area contributed by atoms with Crippen LogP contribution in [0.3, 0.4) is 0 Å². The lowest BCUT2D eigenvalue weighted by Crippen LogP contribution is -1.84. The molecule has 0 atom stereocenters. The van der Waals surface area contributed by atoms with E-state index in [1.165, 1.54) is 12.8 Å². The van der Waals surface area contributed by atoms with Crippen molar-refractivity contribution in [2.45, 2.75) is 13.3 Å². The summed E-state index contributed by atoms with van der Waals surface area (Å²) in [6, 6.07) is 0. The van der Waals surface area contributed by atoms with Gasteiger partial charge in [0.2, 0.25) is 0 Å². The van der Waals surface area contributed by atoms with E-state index in [1.54, 1.807) is 0 Å². The van der Waals surface area contributed by atoms with E-state index in [-0.39, 0.29) is 5.78 Å². The Labute approximate surface area is 42.3 Å². The SMILES string of the molecule is CC(=O)C[CH]Cl. The predicted octanol–water partition coefficient (Wildman–Crippen LogP) is 1.37. The average molecular weight is 106 g/mol. The number of carbonyl (C=O) groups excluding carboxylic acids is 1. The molecule has 6 heavy (non-hydrogen) atoms. The van der Waals surface area contributed by atoms with E-state index in [4.69, 9.17) is 11.6 Å². The Kier molecular flexibility index (Phi) is 3.14. The number of Topliss-reactive ketones (excluding diaryl/α,β-unsaturated/α-hetero) is 1. The van der Waals surface area contributed by atoms with Gasteiger partial charge in [0.25, 0.3) is 0 Å². The molecule has 0 saturated carbocycles. The summed E-state index contributed by atoms with van der Waals surface area (Å²) in [4.78, 5) is 9.93. The van der Waals surface area contributed by atoms with Gasteiger partial charge in [0.1, 0.15) is 5.78 Å². The van der Waals surface area contributed by atoms with Gasteiger partial charge in [0.05, 0.1) is 5.88 Å². The summed E-state index contributed by atoms with van der Waals surface area (Å²) >= 11 is 5.05. The van der Waals surface area contributed by atoms with Crippen LogP contribution in [-0.2, 0) is 4.79 Å². The predicted molar refractivity (Wildman–Crippen MR) is 25.5 cm³/mol. The van der Waals surface area contributed by atoms with Gasteiger partial charge >= 0.3 is 0 Å². The summed E-state index contributed by atoms with van der Waals surface area (Å²) < 4.78 is 0. The Bertz CT molecular complexity index is 51.5. The van der Waals surface area contributed by atoms with Crippen molar-refractivity contribution in [3.8, 4) is 0 Å². The first kappa shape index (κ1) is 5.96. The maximum Gasteiger partial charge on any atom is 0.131 e. The van der Waals surface area contributed by atoms with Gasteiger partial charge in [-0.15, -0.1) is 11.6 Å². The largest absolute Gasteiger partial charge is 0.300 e. The van der Waals surface area contributed by atoms with Gasteiger partial charge in [-0.25, -0.2) is 0 Å². The van der Waals surface area contributed by atoms with E-state index in [9.17, 15) is 4.79 Å². The van der Waals surface area contributed by atoms with Crippen LogP contribution in [0.2, 0.25) is 0 Å². The summed E-state index contributed by atoms with van der Waals surface area (Å²) in [7, 11) is 0. The highest BCUT2D eigenvalue weighted by Crippen LogP contribution is 1.90. The highest BCUT2D eigenvalue weighted by atomic mass is 35.5. The minimum absolute atomic E-state index is 0.102. The molecule has 0 aliphatic heterocycles. The maximum atomic E-state index is 9.93. The molecular weight excluding hydrogens is 99.5 g/mol. The van der Waals surface area contributed by atoms with Crippen molar-refractivity contribution in [1.82, 2.24) is 0 Å². The number of carbonyl (C=O) groups is 1. The molecule has 35 valence electrons. The third-order valence-electron chi connectivity index (χ3n) is 0.365. The molecule has 0 fully saturated rings. The highest BCUT2D eigenvalue weighted by molar-refractivity contribution is 6.24. The van der Waals surface area contributed by atoms with Gasteiger partial charge in [-0.1, -0.05) is 0 Å². The molecule has 0 aromatic rings. The molecule has 0 aromatic carbocycles. The zero-order chi connectivity index (χ0) is 4.99. The van der Waals surface area contributed by atoms with Crippen LogP contribution >= 0.6 is 11.6 Å². The second-order valence-electron chi connectivity index (χ2n) is 1.06. The molecule has 0 spiro atoms. The minimum atomic E-state index is 0.102. The molecule has 0 amide bonds. The fourth-order valence-electron chi connectivity index (χ4n) is 0.109. The van der Waals surface area contributed by atoms with E-state index in [0.29, 0.717) is 6.42 Å². The monoisotopic (exact) mass is 105 g/mol. The van der Waals surface area contributed by atoms with Crippen LogP contribution in [-0.4, -0.2) is 5.78 Å². The number of rotatable bonds is 2. The van der Waals surface area contributed by atoms with Crippen molar-refractivity contribution in [3.63, 3.8) is 0 Å². The fraction of sp³-hybridized carbons (Fsp3) is 0.500. The molecule has 0 aromatic heterocycles. The summed E-state index contributed by atoms with van der Waals surface area (Å²) in [6.07, 6.45) is 0.377. The normalized spacial score (nSPS) is 8.33. The van der Waals surface area contributed by atoms with Gasteiger partial charge in [0.15, 0.2) is 0 Å². The van der Waals surface area contributed by atoms with Gasteiger partial charge in [-0.2, -0.15) is 0 Å². The van der Waals surface area contributed by atoms with Gasteiger partial charge in [0, 0.05) is 6.42 Å².